The highest BCUT2D eigenvalue weighted by molar-refractivity contribution is 5.66. The molecule has 0 aromatic carbocycles. The van der Waals surface area contributed by atoms with Crippen LogP contribution in [-0.4, -0.2) is 30.9 Å². The molecule has 0 atom stereocenters. The second-order valence-electron chi connectivity index (χ2n) is 1.94. The summed E-state index contributed by atoms with van der Waals surface area (Å²) in [6.45, 7) is -0.452. The van der Waals surface area contributed by atoms with Crippen molar-refractivity contribution in [1.82, 2.24) is 19.8 Å². The van der Waals surface area contributed by atoms with E-state index in [4.69, 9.17) is 5.11 Å². The first-order chi connectivity index (χ1) is 5.11. The summed E-state index contributed by atoms with van der Waals surface area (Å²) >= 11 is 0. The average molecular weight is 158 g/mol. The molecule has 0 aliphatic rings. The summed E-state index contributed by atoms with van der Waals surface area (Å²) in [7, 11) is 1.40. The van der Waals surface area contributed by atoms with Gasteiger partial charge in [0.25, 0.3) is 0 Å². The lowest BCUT2D eigenvalue weighted by molar-refractivity contribution is -0.138. The maximum Gasteiger partial charge on any atom is 0.363 e. The van der Waals surface area contributed by atoms with E-state index >= 15 is 0 Å². The van der Waals surface area contributed by atoms with E-state index in [2.05, 4.69) is 10.4 Å². The van der Waals surface area contributed by atoms with Gasteiger partial charge in [-0.15, -0.1) is 0 Å². The smallest absolute Gasteiger partial charge is 0.363 e. The molecule has 0 amide bonds. The molecule has 0 aliphatic heterocycles. The second kappa shape index (κ2) is 2.52. The summed E-state index contributed by atoms with van der Waals surface area (Å²) in [4.78, 5) is 20.9. The quantitative estimate of drug-likeness (QED) is 0.540. The monoisotopic (exact) mass is 158 g/mol. The molecule has 0 bridgehead atoms. The molecule has 7 nitrogen and oxygen atoms in total. The number of nitrogens with zero attached hydrogens (tertiary/aromatic N) is 4. The lowest BCUT2D eigenvalue weighted by Crippen LogP contribution is -2.26. The SMILES string of the molecule is Cn1nnn(CC(=O)O)c1=O. The lowest BCUT2D eigenvalue weighted by Gasteiger charge is -1.88. The lowest BCUT2D eigenvalue weighted by atomic mass is 10.7. The number of hydrogen-bond acceptors (Lipinski definition) is 4. The number of aliphatic carboxylic acids is 1. The first kappa shape index (κ1) is 7.45. The van der Waals surface area contributed by atoms with Gasteiger partial charge in [-0.1, -0.05) is 0 Å². The van der Waals surface area contributed by atoms with E-state index in [1.54, 1.807) is 0 Å². The largest absolute Gasteiger partial charge is 0.480 e. The number of aryl methyl sites for hydroxylation is 1. The molecule has 7 heteroatoms. The summed E-state index contributed by atoms with van der Waals surface area (Å²) in [6, 6.07) is 0. The van der Waals surface area contributed by atoms with Gasteiger partial charge in [0.2, 0.25) is 0 Å². The van der Waals surface area contributed by atoms with Crippen molar-refractivity contribution in [2.45, 2.75) is 6.54 Å². The fourth-order valence-corrected chi connectivity index (χ4v) is 0.579. The third kappa shape index (κ3) is 1.42. The zero-order chi connectivity index (χ0) is 8.43. The number of rotatable bonds is 2. The number of tetrazole rings is 1. The maximum absolute atomic E-state index is 10.8. The van der Waals surface area contributed by atoms with Crippen molar-refractivity contribution >= 4 is 5.97 Å². The van der Waals surface area contributed by atoms with E-state index < -0.39 is 18.2 Å². The van der Waals surface area contributed by atoms with Crippen molar-refractivity contribution < 1.29 is 9.90 Å². The van der Waals surface area contributed by atoms with Crippen molar-refractivity contribution in [3.63, 3.8) is 0 Å². The molecule has 0 fully saturated rings. The summed E-state index contributed by atoms with van der Waals surface area (Å²) in [5, 5.41) is 14.9. The molecule has 60 valence electrons. The zero-order valence-corrected chi connectivity index (χ0v) is 5.76. The molecule has 1 aromatic heterocycles. The second-order valence-corrected chi connectivity index (χ2v) is 1.94. The first-order valence-electron chi connectivity index (χ1n) is 2.80. The van der Waals surface area contributed by atoms with Gasteiger partial charge in [-0.2, -0.15) is 9.36 Å². The van der Waals surface area contributed by atoms with E-state index in [0.717, 1.165) is 9.36 Å². The van der Waals surface area contributed by atoms with Crippen LogP contribution in [0, 0.1) is 0 Å². The molecule has 0 aliphatic carbocycles. The molecule has 1 rings (SSSR count). The van der Waals surface area contributed by atoms with Crippen molar-refractivity contribution in [3.8, 4) is 0 Å². The molecule has 0 unspecified atom stereocenters. The van der Waals surface area contributed by atoms with Gasteiger partial charge in [-0.25, -0.2) is 4.79 Å². The number of hydrogen-bond donors (Lipinski definition) is 1. The zero-order valence-electron chi connectivity index (χ0n) is 5.76. The fourth-order valence-electron chi connectivity index (χ4n) is 0.579. The van der Waals surface area contributed by atoms with Crippen molar-refractivity contribution in [2.75, 3.05) is 0 Å². The Bertz CT molecular complexity index is 324. The normalized spacial score (nSPS) is 9.91. The highest BCUT2D eigenvalue weighted by atomic mass is 16.4. The van der Waals surface area contributed by atoms with Gasteiger partial charge in [0.1, 0.15) is 6.54 Å². The molecule has 0 spiro atoms. The van der Waals surface area contributed by atoms with Crippen LogP contribution in [0.4, 0.5) is 0 Å². The van der Waals surface area contributed by atoms with Crippen LogP contribution in [0.2, 0.25) is 0 Å². The van der Waals surface area contributed by atoms with Crippen molar-refractivity contribution in [3.05, 3.63) is 10.5 Å². The van der Waals surface area contributed by atoms with Gasteiger partial charge in [0, 0.05) is 7.05 Å². The Balaban J connectivity index is 2.97. The van der Waals surface area contributed by atoms with Crippen LogP contribution < -0.4 is 5.69 Å². The minimum atomic E-state index is -1.12. The standard InChI is InChI=1S/C4H6N4O3/c1-7-4(11)8(6-5-7)2-3(9)10/h2H2,1H3,(H,9,10). The van der Waals surface area contributed by atoms with Crippen LogP contribution in [0.25, 0.3) is 0 Å². The van der Waals surface area contributed by atoms with E-state index in [1.165, 1.54) is 7.05 Å². The third-order valence-electron chi connectivity index (χ3n) is 1.06. The van der Waals surface area contributed by atoms with Gasteiger partial charge in [-0.05, 0) is 10.4 Å². The van der Waals surface area contributed by atoms with E-state index in [1.807, 2.05) is 0 Å². The van der Waals surface area contributed by atoms with Crippen LogP contribution in [-0.2, 0) is 18.4 Å². The first-order valence-corrected chi connectivity index (χ1v) is 2.80. The summed E-state index contributed by atoms with van der Waals surface area (Å²) in [5.41, 5.74) is -0.535. The Labute approximate surface area is 60.8 Å². The minimum absolute atomic E-state index is 0.452. The Morgan fingerprint density at radius 3 is 2.64 bits per heavy atom. The van der Waals surface area contributed by atoms with Gasteiger partial charge in [0.15, 0.2) is 0 Å². The molecule has 1 heterocycles. The van der Waals surface area contributed by atoms with Gasteiger partial charge >= 0.3 is 11.7 Å². The van der Waals surface area contributed by atoms with E-state index in [-0.39, 0.29) is 0 Å². The summed E-state index contributed by atoms with van der Waals surface area (Å²) < 4.78 is 1.73. The number of aromatic nitrogens is 4. The van der Waals surface area contributed by atoms with Gasteiger partial charge in [0.05, 0.1) is 0 Å². The maximum atomic E-state index is 10.8. The number of carboxylic acids is 1. The van der Waals surface area contributed by atoms with Crippen LogP contribution in [0.1, 0.15) is 0 Å². The van der Waals surface area contributed by atoms with Crippen molar-refractivity contribution in [2.24, 2.45) is 7.05 Å². The van der Waals surface area contributed by atoms with Crippen LogP contribution in [0.5, 0.6) is 0 Å². The van der Waals surface area contributed by atoms with Crippen LogP contribution >= 0.6 is 0 Å². The van der Waals surface area contributed by atoms with E-state index in [9.17, 15) is 9.59 Å². The van der Waals surface area contributed by atoms with Crippen LogP contribution in [0.3, 0.4) is 0 Å². The topological polar surface area (TPSA) is 90.0 Å². The summed E-state index contributed by atoms with van der Waals surface area (Å²) in [6.07, 6.45) is 0. The molecule has 1 N–H and O–H groups in total. The van der Waals surface area contributed by atoms with E-state index in [0.29, 0.717) is 0 Å². The molecule has 1 aromatic rings. The van der Waals surface area contributed by atoms with Crippen molar-refractivity contribution in [1.29, 1.82) is 0 Å². The highest BCUT2D eigenvalue weighted by Crippen LogP contribution is 1.71. The summed E-state index contributed by atoms with van der Waals surface area (Å²) in [5.74, 6) is -1.12. The molecular weight excluding hydrogens is 152 g/mol. The van der Waals surface area contributed by atoms with Gasteiger partial charge in [-0.3, -0.25) is 4.79 Å². The number of carbonyl (C=O) groups is 1. The average Bonchev–Trinajstić information content (AvgIpc) is 2.18. The predicted molar refractivity (Wildman–Crippen MR) is 32.9 cm³/mol. The molecular formula is C4H6N4O3. The van der Waals surface area contributed by atoms with Crippen LogP contribution in [0.15, 0.2) is 4.79 Å². The van der Waals surface area contributed by atoms with Gasteiger partial charge < -0.3 is 5.11 Å². The molecule has 0 saturated heterocycles. The number of carboxylic acid groups (broad SMARTS) is 1. The minimum Gasteiger partial charge on any atom is -0.480 e. The Morgan fingerprint density at radius 2 is 2.27 bits per heavy atom. The Morgan fingerprint density at radius 1 is 1.64 bits per heavy atom. The third-order valence-corrected chi connectivity index (χ3v) is 1.06. The highest BCUT2D eigenvalue weighted by Gasteiger charge is 2.05. The fraction of sp³-hybridized carbons (Fsp3) is 0.500. The molecule has 11 heavy (non-hydrogen) atoms. The molecule has 0 radical (unpaired) electrons. The Kier molecular flexibility index (Phi) is 1.71. The predicted octanol–water partition coefficient (Wildman–Crippen LogP) is -1.94. The Hall–Kier alpha value is -1.66. The molecule has 0 saturated carbocycles.